The molecule has 134 valence electrons. The molecule has 5 nitrogen and oxygen atoms in total. The number of likely N-dealkylation sites (tertiary alicyclic amines) is 1. The number of piperidine rings is 1. The van der Waals surface area contributed by atoms with Gasteiger partial charge in [0, 0.05) is 26.2 Å². The van der Waals surface area contributed by atoms with Crippen molar-refractivity contribution in [3.05, 3.63) is 66.5 Å². The molecule has 0 saturated carbocycles. The van der Waals surface area contributed by atoms with Gasteiger partial charge in [0.1, 0.15) is 0 Å². The Balaban J connectivity index is 1.28. The van der Waals surface area contributed by atoms with Crippen LogP contribution in [0.1, 0.15) is 18.4 Å². The Morgan fingerprint density at radius 1 is 1.04 bits per heavy atom. The van der Waals surface area contributed by atoms with Crippen molar-refractivity contribution < 1.29 is 4.79 Å². The second-order valence-electron chi connectivity index (χ2n) is 6.96. The minimum Gasteiger partial charge on any atom is -0.334 e. The van der Waals surface area contributed by atoms with Crippen molar-refractivity contribution in [1.82, 2.24) is 19.8 Å². The van der Waals surface area contributed by atoms with Gasteiger partial charge in [-0.15, -0.1) is 0 Å². The highest BCUT2D eigenvalue weighted by Gasteiger charge is 2.23. The summed E-state index contributed by atoms with van der Waals surface area (Å²) in [6, 6.07) is 18.3. The second-order valence-corrected chi connectivity index (χ2v) is 6.96. The van der Waals surface area contributed by atoms with Crippen LogP contribution in [0.5, 0.6) is 0 Å². The van der Waals surface area contributed by atoms with Crippen LogP contribution in [0.3, 0.4) is 0 Å². The van der Waals surface area contributed by atoms with E-state index in [0.29, 0.717) is 12.5 Å². The number of hydrogen-bond acceptors (Lipinski definition) is 2. The first kappa shape index (κ1) is 16.6. The summed E-state index contributed by atoms with van der Waals surface area (Å²) in [5.74, 6) is 0.589. The Kier molecular flexibility index (Phi) is 4.86. The number of para-hydroxylation sites is 2. The lowest BCUT2D eigenvalue weighted by Crippen LogP contribution is -2.44. The number of hydrogen-bond donors (Lipinski definition) is 1. The maximum absolute atomic E-state index is 12.4. The Morgan fingerprint density at radius 2 is 1.77 bits per heavy atom. The van der Waals surface area contributed by atoms with E-state index in [4.69, 9.17) is 0 Å². The average molecular weight is 348 g/mol. The molecular formula is C21H24N4O. The first-order valence-electron chi connectivity index (χ1n) is 9.26. The fraction of sp³-hybridized carbons (Fsp3) is 0.333. The standard InChI is InChI=1S/C21H24N4O/c26-21(22-14-17-6-2-1-3-7-17)24-12-10-18(11-13-24)15-25-16-23-19-8-4-5-9-20(19)25/h1-9,16,18H,10-15H2,(H,22,26). The number of urea groups is 1. The summed E-state index contributed by atoms with van der Waals surface area (Å²) in [5, 5.41) is 3.03. The van der Waals surface area contributed by atoms with E-state index in [9.17, 15) is 4.79 Å². The predicted octanol–water partition coefficient (Wildman–Crippen LogP) is 3.66. The number of imidazole rings is 1. The zero-order chi connectivity index (χ0) is 17.8. The Labute approximate surface area is 153 Å². The molecule has 2 aromatic carbocycles. The molecule has 26 heavy (non-hydrogen) atoms. The molecule has 4 rings (SSSR count). The molecule has 1 aliphatic rings. The normalized spacial score (nSPS) is 15.3. The van der Waals surface area contributed by atoms with Crippen LogP contribution >= 0.6 is 0 Å². The highest BCUT2D eigenvalue weighted by Crippen LogP contribution is 2.21. The lowest BCUT2D eigenvalue weighted by molar-refractivity contribution is 0.165. The van der Waals surface area contributed by atoms with Crippen LogP contribution in [0.15, 0.2) is 60.9 Å². The minimum atomic E-state index is 0.0420. The summed E-state index contributed by atoms with van der Waals surface area (Å²) >= 11 is 0. The van der Waals surface area contributed by atoms with Crippen molar-refractivity contribution in [2.75, 3.05) is 13.1 Å². The van der Waals surface area contributed by atoms with E-state index < -0.39 is 0 Å². The topological polar surface area (TPSA) is 50.2 Å². The van der Waals surface area contributed by atoms with E-state index in [1.807, 2.05) is 53.7 Å². The summed E-state index contributed by atoms with van der Waals surface area (Å²) < 4.78 is 2.24. The van der Waals surface area contributed by atoms with Gasteiger partial charge in [-0.1, -0.05) is 42.5 Å². The van der Waals surface area contributed by atoms with E-state index in [-0.39, 0.29) is 6.03 Å². The molecule has 0 spiro atoms. The van der Waals surface area contributed by atoms with Crippen LogP contribution in [0.25, 0.3) is 11.0 Å². The van der Waals surface area contributed by atoms with Gasteiger partial charge in [-0.25, -0.2) is 9.78 Å². The van der Waals surface area contributed by atoms with Gasteiger partial charge in [-0.2, -0.15) is 0 Å². The summed E-state index contributed by atoms with van der Waals surface area (Å²) in [7, 11) is 0. The van der Waals surface area contributed by atoms with E-state index >= 15 is 0 Å². The fourth-order valence-corrected chi connectivity index (χ4v) is 3.64. The molecule has 1 aliphatic heterocycles. The molecule has 0 atom stereocenters. The predicted molar refractivity (Wildman–Crippen MR) is 103 cm³/mol. The molecular weight excluding hydrogens is 324 g/mol. The fourth-order valence-electron chi connectivity index (χ4n) is 3.64. The van der Waals surface area contributed by atoms with Gasteiger partial charge in [0.25, 0.3) is 0 Å². The maximum atomic E-state index is 12.4. The zero-order valence-corrected chi connectivity index (χ0v) is 14.8. The van der Waals surface area contributed by atoms with Gasteiger partial charge >= 0.3 is 6.03 Å². The van der Waals surface area contributed by atoms with Crippen molar-refractivity contribution in [1.29, 1.82) is 0 Å². The number of amides is 2. The number of nitrogens with zero attached hydrogens (tertiary/aromatic N) is 3. The van der Waals surface area contributed by atoms with Gasteiger partial charge in [-0.3, -0.25) is 0 Å². The number of aromatic nitrogens is 2. The van der Waals surface area contributed by atoms with Gasteiger partial charge in [0.15, 0.2) is 0 Å². The number of nitrogens with one attached hydrogen (secondary N) is 1. The number of fused-ring (bicyclic) bond motifs is 1. The first-order valence-corrected chi connectivity index (χ1v) is 9.26. The molecule has 1 N–H and O–H groups in total. The third kappa shape index (κ3) is 3.72. The average Bonchev–Trinajstić information content (AvgIpc) is 3.10. The lowest BCUT2D eigenvalue weighted by atomic mass is 9.97. The van der Waals surface area contributed by atoms with Gasteiger partial charge < -0.3 is 14.8 Å². The highest BCUT2D eigenvalue weighted by atomic mass is 16.2. The van der Waals surface area contributed by atoms with Gasteiger partial charge in [0.2, 0.25) is 0 Å². The molecule has 2 heterocycles. The maximum Gasteiger partial charge on any atom is 0.317 e. The Morgan fingerprint density at radius 3 is 2.58 bits per heavy atom. The Bertz CT molecular complexity index is 866. The summed E-state index contributed by atoms with van der Waals surface area (Å²) in [4.78, 5) is 18.8. The lowest BCUT2D eigenvalue weighted by Gasteiger charge is -2.32. The van der Waals surface area contributed by atoms with Crippen molar-refractivity contribution in [2.45, 2.75) is 25.9 Å². The molecule has 0 bridgehead atoms. The molecule has 5 heteroatoms. The van der Waals surface area contributed by atoms with Crippen LogP contribution in [0, 0.1) is 5.92 Å². The minimum absolute atomic E-state index is 0.0420. The van der Waals surface area contributed by atoms with Crippen molar-refractivity contribution >= 4 is 17.1 Å². The SMILES string of the molecule is O=C(NCc1ccccc1)N1CCC(Cn2cnc3ccccc32)CC1. The van der Waals surface area contributed by atoms with E-state index in [0.717, 1.165) is 43.6 Å². The molecule has 1 saturated heterocycles. The summed E-state index contributed by atoms with van der Waals surface area (Å²) in [6.07, 6.45) is 4.00. The number of carbonyl (C=O) groups is 1. The van der Waals surface area contributed by atoms with Crippen molar-refractivity contribution in [3.63, 3.8) is 0 Å². The second kappa shape index (κ2) is 7.60. The molecule has 3 aromatic rings. The summed E-state index contributed by atoms with van der Waals surface area (Å²) in [6.45, 7) is 3.19. The van der Waals surface area contributed by atoms with Gasteiger partial charge in [-0.05, 0) is 36.5 Å². The molecule has 1 fully saturated rings. The third-order valence-electron chi connectivity index (χ3n) is 5.17. The molecule has 1 aromatic heterocycles. The zero-order valence-electron chi connectivity index (χ0n) is 14.8. The largest absolute Gasteiger partial charge is 0.334 e. The molecule has 0 radical (unpaired) electrons. The highest BCUT2D eigenvalue weighted by molar-refractivity contribution is 5.75. The smallest absolute Gasteiger partial charge is 0.317 e. The van der Waals surface area contributed by atoms with Crippen LogP contribution in [-0.2, 0) is 13.1 Å². The molecule has 2 amide bonds. The summed E-state index contributed by atoms with van der Waals surface area (Å²) in [5.41, 5.74) is 3.36. The van der Waals surface area contributed by atoms with Crippen LogP contribution in [0.4, 0.5) is 4.79 Å². The molecule has 0 unspecified atom stereocenters. The number of benzene rings is 2. The first-order chi connectivity index (χ1) is 12.8. The number of carbonyl (C=O) groups excluding carboxylic acids is 1. The Hall–Kier alpha value is -2.82. The number of rotatable bonds is 4. The van der Waals surface area contributed by atoms with E-state index in [1.165, 1.54) is 5.52 Å². The monoisotopic (exact) mass is 348 g/mol. The van der Waals surface area contributed by atoms with E-state index in [2.05, 4.69) is 27.0 Å². The third-order valence-corrected chi connectivity index (χ3v) is 5.17. The van der Waals surface area contributed by atoms with Gasteiger partial charge in [0.05, 0.1) is 17.4 Å². The molecule has 0 aliphatic carbocycles. The van der Waals surface area contributed by atoms with Crippen LogP contribution < -0.4 is 5.32 Å². The van der Waals surface area contributed by atoms with E-state index in [1.54, 1.807) is 0 Å². The van der Waals surface area contributed by atoms with Crippen LogP contribution in [-0.4, -0.2) is 33.6 Å². The van der Waals surface area contributed by atoms with Crippen LogP contribution in [0.2, 0.25) is 0 Å². The quantitative estimate of drug-likeness (QED) is 0.782. The van der Waals surface area contributed by atoms with Crippen molar-refractivity contribution in [3.8, 4) is 0 Å². The van der Waals surface area contributed by atoms with Crippen molar-refractivity contribution in [2.24, 2.45) is 5.92 Å².